The Labute approximate surface area is 151 Å². The quantitative estimate of drug-likeness (QED) is 0.613. The van der Waals surface area contributed by atoms with Crippen LogP contribution in [-0.4, -0.2) is 13.1 Å². The monoisotopic (exact) mass is 345 g/mol. The van der Waals surface area contributed by atoms with Gasteiger partial charge in [0.25, 0.3) is 0 Å². The Bertz CT molecular complexity index is 924. The Morgan fingerprint density at radius 2 is 1.12 bits per heavy atom. The van der Waals surface area contributed by atoms with Gasteiger partial charge < -0.3 is 14.2 Å². The molecular formula is C21H15NO4. The lowest BCUT2D eigenvalue weighted by molar-refractivity contribution is 0.0600. The van der Waals surface area contributed by atoms with E-state index < -0.39 is 0 Å². The van der Waals surface area contributed by atoms with E-state index in [1.54, 1.807) is 72.8 Å². The standard InChI is InChI=1S/C21H15NO4/c1-24-21(23)16-4-8-18(9-5-16)26-20-12-10-19(11-13-20)25-17-6-2-15(14-22)3-7-17/h2-13H,1H3. The highest BCUT2D eigenvalue weighted by Crippen LogP contribution is 2.27. The molecule has 0 N–H and O–H groups in total. The number of hydrogen-bond acceptors (Lipinski definition) is 5. The van der Waals surface area contributed by atoms with Crippen LogP contribution < -0.4 is 9.47 Å². The molecule has 0 radical (unpaired) electrons. The molecule has 0 unspecified atom stereocenters. The van der Waals surface area contributed by atoms with Gasteiger partial charge in [0.15, 0.2) is 0 Å². The van der Waals surface area contributed by atoms with Crippen molar-refractivity contribution in [1.29, 1.82) is 5.26 Å². The highest BCUT2D eigenvalue weighted by molar-refractivity contribution is 5.89. The topological polar surface area (TPSA) is 68.6 Å². The van der Waals surface area contributed by atoms with Crippen LogP contribution in [-0.2, 0) is 4.74 Å². The third-order valence-electron chi connectivity index (χ3n) is 3.55. The van der Waals surface area contributed by atoms with Gasteiger partial charge in [-0.05, 0) is 72.8 Å². The van der Waals surface area contributed by atoms with Crippen LogP contribution in [0.3, 0.4) is 0 Å². The van der Waals surface area contributed by atoms with Crippen molar-refractivity contribution in [2.45, 2.75) is 0 Å². The fourth-order valence-corrected chi connectivity index (χ4v) is 2.22. The summed E-state index contributed by atoms with van der Waals surface area (Å²) in [4.78, 5) is 11.4. The minimum atomic E-state index is -0.388. The van der Waals surface area contributed by atoms with Gasteiger partial charge >= 0.3 is 5.97 Å². The maximum absolute atomic E-state index is 11.4. The molecule has 3 rings (SSSR count). The molecule has 0 aliphatic heterocycles. The Balaban J connectivity index is 1.63. The third-order valence-corrected chi connectivity index (χ3v) is 3.55. The number of rotatable bonds is 5. The van der Waals surface area contributed by atoms with Crippen LogP contribution >= 0.6 is 0 Å². The molecule has 0 heterocycles. The maximum atomic E-state index is 11.4. The van der Waals surface area contributed by atoms with E-state index in [0.29, 0.717) is 34.1 Å². The molecule has 0 atom stereocenters. The van der Waals surface area contributed by atoms with Crippen LogP contribution in [0.4, 0.5) is 0 Å². The van der Waals surface area contributed by atoms with E-state index in [4.69, 9.17) is 14.7 Å². The van der Waals surface area contributed by atoms with Crippen LogP contribution in [0.25, 0.3) is 0 Å². The van der Waals surface area contributed by atoms with Crippen molar-refractivity contribution in [2.75, 3.05) is 7.11 Å². The van der Waals surface area contributed by atoms with E-state index in [9.17, 15) is 4.79 Å². The van der Waals surface area contributed by atoms with E-state index >= 15 is 0 Å². The van der Waals surface area contributed by atoms with Gasteiger partial charge in [0.1, 0.15) is 23.0 Å². The number of benzene rings is 3. The summed E-state index contributed by atoms with van der Waals surface area (Å²) in [5, 5.41) is 8.80. The molecule has 0 aromatic heterocycles. The Morgan fingerprint density at radius 3 is 1.50 bits per heavy atom. The zero-order valence-corrected chi connectivity index (χ0v) is 14.0. The highest BCUT2D eigenvalue weighted by Gasteiger charge is 2.05. The SMILES string of the molecule is COC(=O)c1ccc(Oc2ccc(Oc3ccc(C#N)cc3)cc2)cc1. The molecule has 0 aliphatic rings. The summed E-state index contributed by atoms with van der Waals surface area (Å²) >= 11 is 0. The average Bonchev–Trinajstić information content (AvgIpc) is 2.70. The molecule has 0 bridgehead atoms. The first-order valence-corrected chi connectivity index (χ1v) is 7.82. The van der Waals surface area contributed by atoms with Crippen LogP contribution in [0, 0.1) is 11.3 Å². The first-order valence-electron chi connectivity index (χ1n) is 7.82. The molecule has 128 valence electrons. The van der Waals surface area contributed by atoms with E-state index in [-0.39, 0.29) is 5.97 Å². The average molecular weight is 345 g/mol. The van der Waals surface area contributed by atoms with Crippen molar-refractivity contribution >= 4 is 5.97 Å². The van der Waals surface area contributed by atoms with Gasteiger partial charge in [-0.3, -0.25) is 0 Å². The van der Waals surface area contributed by atoms with Crippen molar-refractivity contribution in [3.63, 3.8) is 0 Å². The van der Waals surface area contributed by atoms with Crippen molar-refractivity contribution < 1.29 is 19.0 Å². The molecule has 3 aromatic carbocycles. The van der Waals surface area contributed by atoms with Crippen LogP contribution in [0.2, 0.25) is 0 Å². The summed E-state index contributed by atoms with van der Waals surface area (Å²) in [6.07, 6.45) is 0. The van der Waals surface area contributed by atoms with Gasteiger partial charge in [-0.15, -0.1) is 0 Å². The smallest absolute Gasteiger partial charge is 0.337 e. The molecule has 0 saturated carbocycles. The maximum Gasteiger partial charge on any atom is 0.337 e. The molecule has 0 saturated heterocycles. The second-order valence-electron chi connectivity index (χ2n) is 5.33. The number of nitriles is 1. The predicted molar refractivity (Wildman–Crippen MR) is 95.5 cm³/mol. The van der Waals surface area contributed by atoms with Gasteiger partial charge in [-0.2, -0.15) is 5.26 Å². The van der Waals surface area contributed by atoms with Crippen LogP contribution in [0.5, 0.6) is 23.0 Å². The Kier molecular flexibility index (Phi) is 5.16. The number of carbonyl (C=O) groups is 1. The van der Waals surface area contributed by atoms with Gasteiger partial charge in [0.05, 0.1) is 24.3 Å². The van der Waals surface area contributed by atoms with Crippen molar-refractivity contribution in [3.8, 4) is 29.1 Å². The Morgan fingerprint density at radius 1 is 0.731 bits per heavy atom. The minimum absolute atomic E-state index is 0.388. The van der Waals surface area contributed by atoms with E-state index in [1.807, 2.05) is 0 Å². The molecule has 0 aliphatic carbocycles. The third kappa shape index (κ3) is 4.19. The van der Waals surface area contributed by atoms with Gasteiger partial charge in [0, 0.05) is 0 Å². The summed E-state index contributed by atoms with van der Waals surface area (Å²) in [5.74, 6) is 2.17. The predicted octanol–water partition coefficient (Wildman–Crippen LogP) is 4.93. The van der Waals surface area contributed by atoms with E-state index in [2.05, 4.69) is 10.8 Å². The fraction of sp³-hybridized carbons (Fsp3) is 0.0476. The van der Waals surface area contributed by atoms with Gasteiger partial charge in [-0.25, -0.2) is 4.79 Å². The second-order valence-corrected chi connectivity index (χ2v) is 5.33. The highest BCUT2D eigenvalue weighted by atomic mass is 16.5. The van der Waals surface area contributed by atoms with E-state index in [1.165, 1.54) is 7.11 Å². The van der Waals surface area contributed by atoms with Crippen molar-refractivity contribution in [2.24, 2.45) is 0 Å². The largest absolute Gasteiger partial charge is 0.465 e. The summed E-state index contributed by atoms with van der Waals surface area (Å²) in [7, 11) is 1.34. The van der Waals surface area contributed by atoms with Gasteiger partial charge in [0.2, 0.25) is 0 Å². The minimum Gasteiger partial charge on any atom is -0.465 e. The van der Waals surface area contributed by atoms with E-state index in [0.717, 1.165) is 0 Å². The number of nitrogens with zero attached hydrogens (tertiary/aromatic N) is 1. The molecule has 26 heavy (non-hydrogen) atoms. The molecule has 0 spiro atoms. The van der Waals surface area contributed by atoms with Crippen LogP contribution in [0.1, 0.15) is 15.9 Å². The lowest BCUT2D eigenvalue weighted by Gasteiger charge is -2.09. The lowest BCUT2D eigenvalue weighted by atomic mass is 10.2. The summed E-state index contributed by atoms with van der Waals surface area (Å²) in [6.45, 7) is 0. The fourth-order valence-electron chi connectivity index (χ4n) is 2.22. The molecule has 3 aromatic rings. The van der Waals surface area contributed by atoms with Crippen LogP contribution in [0.15, 0.2) is 72.8 Å². The summed E-state index contributed by atoms with van der Waals surface area (Å²) in [6, 6.07) is 22.8. The summed E-state index contributed by atoms with van der Waals surface area (Å²) < 4.78 is 16.1. The molecule has 5 nitrogen and oxygen atoms in total. The molecule has 0 amide bonds. The Hall–Kier alpha value is -3.78. The molecular weight excluding hydrogens is 330 g/mol. The number of esters is 1. The summed E-state index contributed by atoms with van der Waals surface area (Å²) in [5.41, 5.74) is 1.05. The first kappa shape index (κ1) is 17.1. The number of hydrogen-bond donors (Lipinski definition) is 0. The van der Waals surface area contributed by atoms with Crippen molar-refractivity contribution in [3.05, 3.63) is 83.9 Å². The number of carbonyl (C=O) groups excluding carboxylic acids is 1. The zero-order chi connectivity index (χ0) is 18.4. The first-order chi connectivity index (χ1) is 12.7. The lowest BCUT2D eigenvalue weighted by Crippen LogP contribution is -2.00. The normalized spacial score (nSPS) is 9.85. The zero-order valence-electron chi connectivity index (χ0n) is 14.0. The molecule has 0 fully saturated rings. The number of methoxy groups -OCH3 is 1. The number of ether oxygens (including phenoxy) is 3. The van der Waals surface area contributed by atoms with Gasteiger partial charge in [-0.1, -0.05) is 0 Å². The molecule has 5 heteroatoms. The van der Waals surface area contributed by atoms with Crippen molar-refractivity contribution in [1.82, 2.24) is 0 Å². The second kappa shape index (κ2) is 7.86.